The molecular weight excluding hydrogens is 226 g/mol. The number of rotatable bonds is 2. The first-order valence-electron chi connectivity index (χ1n) is 5.31. The molecule has 1 heterocycles. The zero-order valence-corrected chi connectivity index (χ0v) is 9.68. The second kappa shape index (κ2) is 3.71. The van der Waals surface area contributed by atoms with Crippen LogP contribution in [-0.4, -0.2) is 28.2 Å². The van der Waals surface area contributed by atoms with Crippen LogP contribution in [0.2, 0.25) is 5.02 Å². The van der Waals surface area contributed by atoms with Crippen molar-refractivity contribution in [3.05, 3.63) is 23.2 Å². The minimum absolute atomic E-state index is 0.372. The number of hydrogen-bond donors (Lipinski definition) is 0. The monoisotopic (exact) mass is 237 g/mol. The first-order chi connectivity index (χ1) is 7.78. The summed E-state index contributed by atoms with van der Waals surface area (Å²) in [4.78, 5) is 0. The zero-order valence-electron chi connectivity index (χ0n) is 8.93. The van der Waals surface area contributed by atoms with Gasteiger partial charge in [0.05, 0.1) is 17.7 Å². The molecule has 2 aromatic rings. The van der Waals surface area contributed by atoms with Crippen molar-refractivity contribution in [2.45, 2.75) is 25.0 Å². The van der Waals surface area contributed by atoms with Crippen LogP contribution in [0.5, 0.6) is 0 Å². The van der Waals surface area contributed by atoms with E-state index in [4.69, 9.17) is 16.3 Å². The topological polar surface area (TPSA) is 39.9 Å². The van der Waals surface area contributed by atoms with Gasteiger partial charge >= 0.3 is 0 Å². The van der Waals surface area contributed by atoms with Crippen molar-refractivity contribution in [3.8, 4) is 0 Å². The molecule has 0 spiro atoms. The molecule has 0 amide bonds. The number of aromatic nitrogens is 3. The SMILES string of the molecule is COC1CC(n2nnc3cc(Cl)ccc32)C1. The predicted octanol–water partition coefficient (Wildman–Crippen LogP) is 2.43. The minimum atomic E-state index is 0.372. The van der Waals surface area contributed by atoms with Gasteiger partial charge in [-0.15, -0.1) is 5.10 Å². The summed E-state index contributed by atoms with van der Waals surface area (Å²) in [6, 6.07) is 6.09. The second-order valence-corrected chi connectivity index (χ2v) is 4.59. The van der Waals surface area contributed by atoms with Crippen molar-refractivity contribution in [3.63, 3.8) is 0 Å². The van der Waals surface area contributed by atoms with Gasteiger partial charge in [0.25, 0.3) is 0 Å². The van der Waals surface area contributed by atoms with E-state index >= 15 is 0 Å². The largest absolute Gasteiger partial charge is 0.381 e. The Hall–Kier alpha value is -1.13. The molecule has 1 aromatic carbocycles. The molecule has 5 heteroatoms. The summed E-state index contributed by atoms with van der Waals surface area (Å²) in [5, 5.41) is 9.00. The quantitative estimate of drug-likeness (QED) is 0.806. The fraction of sp³-hybridized carbons (Fsp3) is 0.455. The molecule has 3 rings (SSSR count). The molecule has 1 saturated carbocycles. The molecule has 16 heavy (non-hydrogen) atoms. The number of hydrogen-bond acceptors (Lipinski definition) is 3. The van der Waals surface area contributed by atoms with Crippen molar-refractivity contribution in [1.29, 1.82) is 0 Å². The summed E-state index contributed by atoms with van der Waals surface area (Å²) in [6.07, 6.45) is 2.39. The molecular formula is C11H12ClN3O. The summed E-state index contributed by atoms with van der Waals surface area (Å²) in [5.41, 5.74) is 1.90. The van der Waals surface area contributed by atoms with Crippen LogP contribution in [-0.2, 0) is 4.74 Å². The third-order valence-corrected chi connectivity index (χ3v) is 3.42. The Morgan fingerprint density at radius 2 is 2.25 bits per heavy atom. The van der Waals surface area contributed by atoms with Crippen LogP contribution in [0.3, 0.4) is 0 Å². The lowest BCUT2D eigenvalue weighted by Gasteiger charge is -2.34. The second-order valence-electron chi connectivity index (χ2n) is 4.15. The van der Waals surface area contributed by atoms with Crippen LogP contribution in [0.15, 0.2) is 18.2 Å². The third kappa shape index (κ3) is 1.49. The fourth-order valence-electron chi connectivity index (χ4n) is 2.11. The van der Waals surface area contributed by atoms with Gasteiger partial charge < -0.3 is 4.74 Å². The van der Waals surface area contributed by atoms with Crippen molar-refractivity contribution in [2.75, 3.05) is 7.11 Å². The van der Waals surface area contributed by atoms with E-state index in [1.807, 2.05) is 22.9 Å². The van der Waals surface area contributed by atoms with E-state index in [0.29, 0.717) is 17.2 Å². The first-order valence-corrected chi connectivity index (χ1v) is 5.69. The minimum Gasteiger partial charge on any atom is -0.381 e. The summed E-state index contributed by atoms with van der Waals surface area (Å²) in [6.45, 7) is 0. The van der Waals surface area contributed by atoms with Gasteiger partial charge in [-0.2, -0.15) is 0 Å². The molecule has 1 aliphatic rings. The summed E-state index contributed by atoms with van der Waals surface area (Å²) in [5.74, 6) is 0. The molecule has 0 unspecified atom stereocenters. The van der Waals surface area contributed by atoms with Crippen molar-refractivity contribution < 1.29 is 4.74 Å². The van der Waals surface area contributed by atoms with Gasteiger partial charge in [0.2, 0.25) is 0 Å². The van der Waals surface area contributed by atoms with Crippen LogP contribution >= 0.6 is 11.6 Å². The fourth-order valence-corrected chi connectivity index (χ4v) is 2.28. The smallest absolute Gasteiger partial charge is 0.114 e. The number of nitrogens with zero attached hydrogens (tertiary/aromatic N) is 3. The standard InChI is InChI=1S/C11H12ClN3O/c1-16-9-5-8(6-9)15-11-3-2-7(12)4-10(11)13-14-15/h2-4,8-9H,5-6H2,1H3. The van der Waals surface area contributed by atoms with E-state index in [9.17, 15) is 0 Å². The number of benzene rings is 1. The average Bonchev–Trinajstić information content (AvgIpc) is 2.60. The Labute approximate surface area is 98.1 Å². The Balaban J connectivity index is 1.94. The molecule has 0 radical (unpaired) electrons. The Bertz CT molecular complexity index is 519. The van der Waals surface area contributed by atoms with Gasteiger partial charge in [-0.1, -0.05) is 16.8 Å². The highest BCUT2D eigenvalue weighted by atomic mass is 35.5. The van der Waals surface area contributed by atoms with Crippen LogP contribution < -0.4 is 0 Å². The highest BCUT2D eigenvalue weighted by molar-refractivity contribution is 6.31. The highest BCUT2D eigenvalue weighted by Crippen LogP contribution is 2.35. The normalized spacial score (nSPS) is 24.6. The first kappa shape index (κ1) is 10.1. The number of ether oxygens (including phenoxy) is 1. The molecule has 84 valence electrons. The highest BCUT2D eigenvalue weighted by Gasteiger charge is 2.32. The summed E-state index contributed by atoms with van der Waals surface area (Å²) >= 11 is 5.90. The van der Waals surface area contributed by atoms with Gasteiger partial charge in [-0.3, -0.25) is 0 Å². The maximum Gasteiger partial charge on any atom is 0.114 e. The lowest BCUT2D eigenvalue weighted by Crippen LogP contribution is -2.33. The molecule has 0 atom stereocenters. The van der Waals surface area contributed by atoms with Crippen LogP contribution in [0.4, 0.5) is 0 Å². The lowest BCUT2D eigenvalue weighted by molar-refractivity contribution is 0.00332. The van der Waals surface area contributed by atoms with Crippen LogP contribution in [0, 0.1) is 0 Å². The van der Waals surface area contributed by atoms with Crippen molar-refractivity contribution >= 4 is 22.6 Å². The Morgan fingerprint density at radius 3 is 3.00 bits per heavy atom. The zero-order chi connectivity index (χ0) is 11.1. The molecule has 1 aliphatic carbocycles. The molecule has 4 nitrogen and oxygen atoms in total. The molecule has 0 N–H and O–H groups in total. The maximum absolute atomic E-state index is 5.90. The van der Waals surface area contributed by atoms with Crippen molar-refractivity contribution in [1.82, 2.24) is 15.0 Å². The van der Waals surface area contributed by atoms with Gasteiger partial charge in [-0.05, 0) is 31.0 Å². The molecule has 1 fully saturated rings. The third-order valence-electron chi connectivity index (χ3n) is 3.18. The van der Waals surface area contributed by atoms with Crippen LogP contribution in [0.25, 0.3) is 11.0 Å². The Morgan fingerprint density at radius 1 is 1.44 bits per heavy atom. The van der Waals surface area contributed by atoms with Gasteiger partial charge in [0.1, 0.15) is 5.52 Å². The van der Waals surface area contributed by atoms with E-state index in [0.717, 1.165) is 23.9 Å². The van der Waals surface area contributed by atoms with Gasteiger partial charge in [0.15, 0.2) is 0 Å². The van der Waals surface area contributed by atoms with E-state index in [2.05, 4.69) is 10.3 Å². The molecule has 1 aromatic heterocycles. The van der Waals surface area contributed by atoms with E-state index in [1.165, 1.54) is 0 Å². The van der Waals surface area contributed by atoms with E-state index in [-0.39, 0.29) is 0 Å². The van der Waals surface area contributed by atoms with E-state index in [1.54, 1.807) is 7.11 Å². The lowest BCUT2D eigenvalue weighted by atomic mass is 9.89. The van der Waals surface area contributed by atoms with Gasteiger partial charge in [-0.25, -0.2) is 4.68 Å². The Kier molecular flexibility index (Phi) is 2.33. The van der Waals surface area contributed by atoms with E-state index < -0.39 is 0 Å². The van der Waals surface area contributed by atoms with Crippen molar-refractivity contribution in [2.24, 2.45) is 0 Å². The molecule has 0 aliphatic heterocycles. The van der Waals surface area contributed by atoms with Gasteiger partial charge in [0, 0.05) is 12.1 Å². The average molecular weight is 238 g/mol. The number of halogens is 1. The number of methoxy groups -OCH3 is 1. The molecule has 0 bridgehead atoms. The number of fused-ring (bicyclic) bond motifs is 1. The predicted molar refractivity (Wildman–Crippen MR) is 61.6 cm³/mol. The summed E-state index contributed by atoms with van der Waals surface area (Å²) < 4.78 is 7.24. The van der Waals surface area contributed by atoms with Crippen LogP contribution in [0.1, 0.15) is 18.9 Å². The molecule has 0 saturated heterocycles. The summed E-state index contributed by atoms with van der Waals surface area (Å²) in [7, 11) is 1.75. The maximum atomic E-state index is 5.90.